The van der Waals surface area contributed by atoms with Gasteiger partial charge in [0.05, 0.1) is 12.6 Å². The first kappa shape index (κ1) is 12.3. The van der Waals surface area contributed by atoms with Crippen molar-refractivity contribution < 1.29 is 4.79 Å². The average Bonchev–Trinajstić information content (AvgIpc) is 2.80. The minimum atomic E-state index is -0.292. The normalized spacial score (nSPS) is 25.0. The van der Waals surface area contributed by atoms with Crippen LogP contribution in [0.1, 0.15) is 20.8 Å². The van der Waals surface area contributed by atoms with Crippen LogP contribution < -0.4 is 5.32 Å². The Labute approximate surface area is 103 Å². The van der Waals surface area contributed by atoms with Crippen LogP contribution in [-0.4, -0.2) is 49.2 Å². The van der Waals surface area contributed by atoms with Crippen LogP contribution in [0, 0.1) is 5.41 Å². The Morgan fingerprint density at radius 3 is 2.88 bits per heavy atom. The van der Waals surface area contributed by atoms with Crippen LogP contribution in [0.4, 0.5) is 0 Å². The van der Waals surface area contributed by atoms with E-state index >= 15 is 0 Å². The number of hydrogen-bond acceptors (Lipinski definition) is 3. The smallest absolute Gasteiger partial charge is 0.228 e. The predicted octanol–water partition coefficient (Wildman–Crippen LogP) is 0.844. The first-order valence-electron chi connectivity index (χ1n) is 6.21. The molecule has 0 aliphatic carbocycles. The van der Waals surface area contributed by atoms with Crippen molar-refractivity contribution in [1.82, 2.24) is 10.2 Å². The zero-order chi connectivity index (χ0) is 12.5. The lowest BCUT2D eigenvalue weighted by Crippen LogP contribution is -2.55. The highest BCUT2D eigenvalue weighted by Crippen LogP contribution is 2.19. The maximum atomic E-state index is 12.2. The number of aliphatic imine (C=N–C) groups is 1. The number of rotatable bonds is 1. The highest BCUT2D eigenvalue weighted by molar-refractivity contribution is 5.84. The van der Waals surface area contributed by atoms with Gasteiger partial charge in [-0.1, -0.05) is 26.8 Å². The van der Waals surface area contributed by atoms with Crippen LogP contribution in [0.5, 0.6) is 0 Å². The molecule has 4 nitrogen and oxygen atoms in total. The molecule has 1 N–H and O–H groups in total. The van der Waals surface area contributed by atoms with Crippen LogP contribution in [0.25, 0.3) is 0 Å². The molecular formula is C13H21N3O. The van der Waals surface area contributed by atoms with Crippen molar-refractivity contribution >= 4 is 12.1 Å². The van der Waals surface area contributed by atoms with E-state index in [1.54, 1.807) is 0 Å². The molecule has 0 aromatic carbocycles. The summed E-state index contributed by atoms with van der Waals surface area (Å²) in [6.45, 7) is 9.12. The minimum absolute atomic E-state index is 0.236. The minimum Gasteiger partial charge on any atom is -0.339 e. The number of carbonyl (C=O) groups excluding carboxylic acids is 1. The van der Waals surface area contributed by atoms with Gasteiger partial charge in [-0.3, -0.25) is 9.79 Å². The highest BCUT2D eigenvalue weighted by Gasteiger charge is 2.31. The van der Waals surface area contributed by atoms with E-state index in [-0.39, 0.29) is 17.4 Å². The third kappa shape index (κ3) is 2.75. The Kier molecular flexibility index (Phi) is 3.33. The van der Waals surface area contributed by atoms with E-state index in [1.807, 2.05) is 31.9 Å². The maximum absolute atomic E-state index is 12.2. The zero-order valence-electron chi connectivity index (χ0n) is 10.9. The lowest BCUT2D eigenvalue weighted by atomic mass is 9.93. The topological polar surface area (TPSA) is 44.7 Å². The van der Waals surface area contributed by atoms with E-state index in [0.717, 1.165) is 26.2 Å². The van der Waals surface area contributed by atoms with E-state index in [4.69, 9.17) is 0 Å². The standard InChI is InChI=1S/C13H21N3O/c1-13(2,3)12(17)16-7-6-15-11(9-16)10-4-5-14-8-10/h4,8,11,15H,5-7,9H2,1-3H3. The molecule has 0 aromatic heterocycles. The van der Waals surface area contributed by atoms with Crippen molar-refractivity contribution in [3.05, 3.63) is 11.6 Å². The fourth-order valence-corrected chi connectivity index (χ4v) is 2.23. The van der Waals surface area contributed by atoms with Gasteiger partial charge < -0.3 is 10.2 Å². The van der Waals surface area contributed by atoms with Gasteiger partial charge in [0, 0.05) is 31.3 Å². The van der Waals surface area contributed by atoms with Crippen LogP contribution in [0.2, 0.25) is 0 Å². The zero-order valence-corrected chi connectivity index (χ0v) is 10.9. The van der Waals surface area contributed by atoms with Gasteiger partial charge >= 0.3 is 0 Å². The first-order chi connectivity index (χ1) is 7.98. The summed E-state index contributed by atoms with van der Waals surface area (Å²) in [5, 5.41) is 3.44. The Morgan fingerprint density at radius 1 is 1.53 bits per heavy atom. The number of amides is 1. The van der Waals surface area contributed by atoms with E-state index in [0.29, 0.717) is 0 Å². The number of nitrogens with zero attached hydrogens (tertiary/aromatic N) is 2. The van der Waals surface area contributed by atoms with Crippen LogP contribution in [-0.2, 0) is 4.79 Å². The number of nitrogens with one attached hydrogen (secondary N) is 1. The molecule has 2 aliphatic heterocycles. The van der Waals surface area contributed by atoms with Crippen molar-refractivity contribution in [1.29, 1.82) is 0 Å². The summed E-state index contributed by atoms with van der Waals surface area (Å²) >= 11 is 0. The second kappa shape index (κ2) is 4.61. The summed E-state index contributed by atoms with van der Waals surface area (Å²) in [6, 6.07) is 0.251. The molecule has 0 aromatic rings. The molecule has 0 saturated carbocycles. The van der Waals surface area contributed by atoms with E-state index in [9.17, 15) is 4.79 Å². The Balaban J connectivity index is 2.02. The molecular weight excluding hydrogens is 214 g/mol. The van der Waals surface area contributed by atoms with E-state index in [2.05, 4.69) is 16.4 Å². The van der Waals surface area contributed by atoms with Gasteiger partial charge in [-0.05, 0) is 5.57 Å². The largest absolute Gasteiger partial charge is 0.339 e. The summed E-state index contributed by atoms with van der Waals surface area (Å²) in [6.07, 6.45) is 4.05. The summed E-state index contributed by atoms with van der Waals surface area (Å²) in [4.78, 5) is 18.4. The first-order valence-corrected chi connectivity index (χ1v) is 6.21. The van der Waals surface area contributed by atoms with Crippen LogP contribution in [0.3, 0.4) is 0 Å². The fraction of sp³-hybridized carbons (Fsp3) is 0.692. The summed E-state index contributed by atoms with van der Waals surface area (Å²) in [5.41, 5.74) is 0.927. The SMILES string of the molecule is CC(C)(C)C(=O)N1CCNC(C2=CCN=C2)C1. The van der Waals surface area contributed by atoms with Crippen LogP contribution in [0.15, 0.2) is 16.6 Å². The highest BCUT2D eigenvalue weighted by atomic mass is 16.2. The van der Waals surface area contributed by atoms with Gasteiger partial charge in [-0.2, -0.15) is 0 Å². The van der Waals surface area contributed by atoms with Crippen molar-refractivity contribution in [3.63, 3.8) is 0 Å². The van der Waals surface area contributed by atoms with E-state index in [1.165, 1.54) is 5.57 Å². The molecule has 1 atom stereocenters. The second-order valence-corrected chi connectivity index (χ2v) is 5.71. The maximum Gasteiger partial charge on any atom is 0.228 e. The molecule has 1 saturated heterocycles. The summed E-state index contributed by atoms with van der Waals surface area (Å²) < 4.78 is 0. The van der Waals surface area contributed by atoms with Crippen molar-refractivity contribution in [3.8, 4) is 0 Å². The summed E-state index contributed by atoms with van der Waals surface area (Å²) in [5.74, 6) is 0.236. The van der Waals surface area contributed by atoms with Gasteiger partial charge in [-0.25, -0.2) is 0 Å². The van der Waals surface area contributed by atoms with Crippen molar-refractivity contribution in [2.24, 2.45) is 10.4 Å². The molecule has 2 aliphatic rings. The molecule has 0 spiro atoms. The Morgan fingerprint density at radius 2 is 2.29 bits per heavy atom. The molecule has 1 amide bonds. The van der Waals surface area contributed by atoms with Gasteiger partial charge in [0.15, 0.2) is 0 Å². The average molecular weight is 235 g/mol. The van der Waals surface area contributed by atoms with Gasteiger partial charge in [0.1, 0.15) is 0 Å². The number of hydrogen-bond donors (Lipinski definition) is 1. The Bertz CT molecular complexity index is 365. The van der Waals surface area contributed by atoms with Crippen LogP contribution >= 0.6 is 0 Å². The third-order valence-electron chi connectivity index (χ3n) is 3.18. The van der Waals surface area contributed by atoms with Gasteiger partial charge in [-0.15, -0.1) is 0 Å². The molecule has 94 valence electrons. The van der Waals surface area contributed by atoms with Crippen molar-refractivity contribution in [2.75, 3.05) is 26.2 Å². The summed E-state index contributed by atoms with van der Waals surface area (Å²) in [7, 11) is 0. The lowest BCUT2D eigenvalue weighted by molar-refractivity contribution is -0.140. The monoisotopic (exact) mass is 235 g/mol. The lowest BCUT2D eigenvalue weighted by Gasteiger charge is -2.37. The molecule has 0 bridgehead atoms. The molecule has 2 rings (SSSR count). The van der Waals surface area contributed by atoms with Gasteiger partial charge in [0.2, 0.25) is 5.91 Å². The predicted molar refractivity (Wildman–Crippen MR) is 69.3 cm³/mol. The molecule has 4 heteroatoms. The molecule has 2 heterocycles. The fourth-order valence-electron chi connectivity index (χ4n) is 2.23. The third-order valence-corrected chi connectivity index (χ3v) is 3.18. The Hall–Kier alpha value is -1.16. The molecule has 1 unspecified atom stereocenters. The number of carbonyl (C=O) groups is 1. The molecule has 1 fully saturated rings. The van der Waals surface area contributed by atoms with Gasteiger partial charge in [0.25, 0.3) is 0 Å². The second-order valence-electron chi connectivity index (χ2n) is 5.71. The van der Waals surface area contributed by atoms with E-state index < -0.39 is 0 Å². The molecule has 17 heavy (non-hydrogen) atoms. The quantitative estimate of drug-likeness (QED) is 0.732. The molecule has 0 radical (unpaired) electrons. The number of piperazine rings is 1. The van der Waals surface area contributed by atoms with Crippen molar-refractivity contribution in [2.45, 2.75) is 26.8 Å².